The van der Waals surface area contributed by atoms with Gasteiger partial charge in [-0.3, -0.25) is 20.4 Å². The van der Waals surface area contributed by atoms with Gasteiger partial charge in [-0.15, -0.1) is 0 Å². The predicted molar refractivity (Wildman–Crippen MR) is 41.3 cm³/mol. The molecule has 0 unspecified atom stereocenters. The lowest BCUT2D eigenvalue weighted by molar-refractivity contribution is 0.126. The molecule has 2 N–H and O–H groups in total. The van der Waals surface area contributed by atoms with Gasteiger partial charge in [0.15, 0.2) is 0 Å². The molecule has 0 spiro atoms. The average Bonchev–Trinajstić information content (AvgIpc) is 1.88. The van der Waals surface area contributed by atoms with Crippen LogP contribution >= 0.6 is 0 Å². The maximum Gasteiger partial charge on any atom is 0.0525 e. The predicted octanol–water partition coefficient (Wildman–Crippen LogP) is -1.13. The van der Waals surface area contributed by atoms with Crippen LogP contribution in [0.15, 0.2) is 0 Å². The van der Waals surface area contributed by atoms with Gasteiger partial charge in [0.25, 0.3) is 0 Å². The van der Waals surface area contributed by atoms with E-state index >= 15 is 0 Å². The van der Waals surface area contributed by atoms with Gasteiger partial charge in [0.1, 0.15) is 0 Å². The molecule has 1 aliphatic heterocycles. The Morgan fingerprint density at radius 1 is 1.30 bits per heavy atom. The van der Waals surface area contributed by atoms with E-state index in [2.05, 4.69) is 34.5 Å². The number of rotatable bonds is 2. The van der Waals surface area contributed by atoms with Gasteiger partial charge >= 0.3 is 0 Å². The third kappa shape index (κ3) is 2.62. The second-order valence-corrected chi connectivity index (χ2v) is 2.88. The highest BCUT2D eigenvalue weighted by Gasteiger charge is 2.07. The van der Waals surface area contributed by atoms with E-state index in [1.54, 1.807) is 0 Å². The van der Waals surface area contributed by atoms with E-state index in [-0.39, 0.29) is 0 Å². The van der Waals surface area contributed by atoms with Crippen molar-refractivity contribution in [3.05, 3.63) is 0 Å². The molecule has 1 rings (SSSR count). The molecule has 1 heterocycles. The summed E-state index contributed by atoms with van der Waals surface area (Å²) in [4.78, 5) is 4.46. The highest BCUT2D eigenvalue weighted by Crippen LogP contribution is 1.87. The van der Waals surface area contributed by atoms with Gasteiger partial charge < -0.3 is 0 Å². The second kappa shape index (κ2) is 3.88. The van der Waals surface area contributed by atoms with Crippen LogP contribution in [-0.2, 0) is 0 Å². The van der Waals surface area contributed by atoms with E-state index in [0.29, 0.717) is 0 Å². The molecular weight excluding hydrogens is 128 g/mol. The van der Waals surface area contributed by atoms with Gasteiger partial charge in [-0.1, -0.05) is 0 Å². The molecule has 0 atom stereocenters. The van der Waals surface area contributed by atoms with Crippen LogP contribution in [0.5, 0.6) is 0 Å². The monoisotopic (exact) mass is 144 g/mol. The molecule has 0 aromatic carbocycles. The molecule has 0 aromatic rings. The smallest absolute Gasteiger partial charge is 0.0525 e. The zero-order chi connectivity index (χ0) is 7.40. The first kappa shape index (κ1) is 7.94. The summed E-state index contributed by atoms with van der Waals surface area (Å²) in [6.45, 7) is 3.93. The Morgan fingerprint density at radius 2 is 1.90 bits per heavy atom. The Hall–Kier alpha value is -0.160. The van der Waals surface area contributed by atoms with Gasteiger partial charge in [0.05, 0.1) is 20.0 Å². The van der Waals surface area contributed by atoms with Crippen molar-refractivity contribution in [2.45, 2.75) is 0 Å². The number of nitrogens with zero attached hydrogens (tertiary/aromatic N) is 2. The zero-order valence-electron chi connectivity index (χ0n) is 6.72. The summed E-state index contributed by atoms with van der Waals surface area (Å²) >= 11 is 0. The first-order chi connectivity index (χ1) is 4.79. The summed E-state index contributed by atoms with van der Waals surface area (Å²) in [5, 5.41) is 6.46. The third-order valence-electron chi connectivity index (χ3n) is 1.40. The van der Waals surface area contributed by atoms with Crippen LogP contribution in [0, 0.1) is 0 Å². The van der Waals surface area contributed by atoms with Gasteiger partial charge in [-0.05, 0) is 14.1 Å². The fraction of sp³-hybridized carbons (Fsp3) is 1.00. The number of nitrogens with one attached hydrogen (secondary N) is 2. The minimum absolute atomic E-state index is 0.934. The summed E-state index contributed by atoms with van der Waals surface area (Å²) in [6, 6.07) is 0. The maximum absolute atomic E-state index is 3.23. The van der Waals surface area contributed by atoms with E-state index < -0.39 is 0 Å². The van der Waals surface area contributed by atoms with Crippen molar-refractivity contribution < 1.29 is 0 Å². The van der Waals surface area contributed by atoms with E-state index in [1.807, 2.05) is 0 Å². The molecule has 1 aliphatic rings. The van der Waals surface area contributed by atoms with E-state index in [9.17, 15) is 0 Å². The standard InChI is InChI=1S/C6H16N4/c1-9(2)6-10-4-7-3-8-5-10/h7-8H,3-6H2,1-2H3. The summed E-state index contributed by atoms with van der Waals surface area (Å²) in [7, 11) is 4.16. The molecule has 1 fully saturated rings. The lowest BCUT2D eigenvalue weighted by Gasteiger charge is -2.30. The van der Waals surface area contributed by atoms with Crippen LogP contribution in [0.4, 0.5) is 0 Å². The molecule has 0 aliphatic carbocycles. The van der Waals surface area contributed by atoms with Crippen molar-refractivity contribution in [3.63, 3.8) is 0 Å². The molecule has 4 nitrogen and oxygen atoms in total. The normalized spacial score (nSPS) is 21.9. The Bertz CT molecular complexity index is 87.7. The van der Waals surface area contributed by atoms with Crippen LogP contribution in [0.1, 0.15) is 0 Å². The Kier molecular flexibility index (Phi) is 3.08. The van der Waals surface area contributed by atoms with Crippen molar-refractivity contribution in [1.82, 2.24) is 20.4 Å². The van der Waals surface area contributed by atoms with Crippen LogP contribution in [0.3, 0.4) is 0 Å². The Balaban J connectivity index is 2.13. The van der Waals surface area contributed by atoms with Crippen molar-refractivity contribution in [3.8, 4) is 0 Å². The molecule has 1 saturated heterocycles. The van der Waals surface area contributed by atoms with Gasteiger partial charge in [0, 0.05) is 6.67 Å². The summed E-state index contributed by atoms with van der Waals surface area (Å²) in [6.07, 6.45) is 0. The van der Waals surface area contributed by atoms with E-state index in [0.717, 1.165) is 26.7 Å². The second-order valence-electron chi connectivity index (χ2n) is 2.88. The molecular formula is C6H16N4. The fourth-order valence-electron chi connectivity index (χ4n) is 1.07. The molecule has 0 saturated carbocycles. The summed E-state index contributed by atoms with van der Waals surface area (Å²) in [5.74, 6) is 0. The minimum atomic E-state index is 0.934. The molecule has 10 heavy (non-hydrogen) atoms. The number of hydrogen-bond donors (Lipinski definition) is 2. The molecule has 0 radical (unpaired) electrons. The molecule has 0 bridgehead atoms. The highest BCUT2D eigenvalue weighted by atomic mass is 15.4. The number of hydrogen-bond acceptors (Lipinski definition) is 4. The Morgan fingerprint density at radius 3 is 2.40 bits per heavy atom. The average molecular weight is 144 g/mol. The zero-order valence-corrected chi connectivity index (χ0v) is 6.72. The van der Waals surface area contributed by atoms with Gasteiger partial charge in [0.2, 0.25) is 0 Å². The highest BCUT2D eigenvalue weighted by molar-refractivity contribution is 4.58. The lowest BCUT2D eigenvalue weighted by Crippen LogP contribution is -2.52. The van der Waals surface area contributed by atoms with Gasteiger partial charge in [-0.2, -0.15) is 0 Å². The summed E-state index contributed by atoms with van der Waals surface area (Å²) < 4.78 is 0. The van der Waals surface area contributed by atoms with Crippen molar-refractivity contribution in [2.24, 2.45) is 0 Å². The van der Waals surface area contributed by atoms with E-state index in [4.69, 9.17) is 0 Å². The quantitative estimate of drug-likeness (QED) is 0.513. The molecule has 0 aromatic heterocycles. The fourth-order valence-corrected chi connectivity index (χ4v) is 1.07. The van der Waals surface area contributed by atoms with Crippen LogP contribution in [0.25, 0.3) is 0 Å². The minimum Gasteiger partial charge on any atom is -0.297 e. The van der Waals surface area contributed by atoms with Crippen LogP contribution in [0.2, 0.25) is 0 Å². The summed E-state index contributed by atoms with van der Waals surface area (Å²) in [5.41, 5.74) is 0. The largest absolute Gasteiger partial charge is 0.297 e. The third-order valence-corrected chi connectivity index (χ3v) is 1.40. The van der Waals surface area contributed by atoms with Gasteiger partial charge in [-0.25, -0.2) is 0 Å². The SMILES string of the molecule is CN(C)CN1CNCNC1. The molecule has 60 valence electrons. The van der Waals surface area contributed by atoms with Crippen molar-refractivity contribution in [2.75, 3.05) is 40.8 Å². The maximum atomic E-state index is 3.23. The first-order valence-corrected chi connectivity index (χ1v) is 3.57. The Labute approximate surface area is 62.2 Å². The van der Waals surface area contributed by atoms with Crippen molar-refractivity contribution in [1.29, 1.82) is 0 Å². The topological polar surface area (TPSA) is 30.5 Å². The van der Waals surface area contributed by atoms with Crippen LogP contribution < -0.4 is 10.6 Å². The lowest BCUT2D eigenvalue weighted by atomic mass is 10.6. The first-order valence-electron chi connectivity index (χ1n) is 3.57. The molecule has 0 amide bonds. The van der Waals surface area contributed by atoms with Crippen LogP contribution in [-0.4, -0.2) is 50.6 Å². The molecule has 4 heteroatoms. The van der Waals surface area contributed by atoms with Crippen molar-refractivity contribution >= 4 is 0 Å². The van der Waals surface area contributed by atoms with E-state index in [1.165, 1.54) is 0 Å².